The molecule has 1 aromatic carbocycles. The normalized spacial score (nSPS) is 31.4. The number of amides is 3. The Morgan fingerprint density at radius 1 is 1.17 bits per heavy atom. The quantitative estimate of drug-likeness (QED) is 0.383. The molecule has 3 unspecified atom stereocenters. The van der Waals surface area contributed by atoms with Crippen molar-refractivity contribution in [1.29, 1.82) is 0 Å². The van der Waals surface area contributed by atoms with Crippen LogP contribution in [0.1, 0.15) is 71.3 Å². The molecule has 3 amide bonds. The van der Waals surface area contributed by atoms with Crippen molar-refractivity contribution >= 4 is 17.7 Å². The fraction of sp³-hybridized carbons (Fsp3) is 0.679. The van der Waals surface area contributed by atoms with Gasteiger partial charge in [0.15, 0.2) is 0 Å². The van der Waals surface area contributed by atoms with Crippen LogP contribution in [-0.2, 0) is 25.7 Å². The van der Waals surface area contributed by atoms with Crippen LogP contribution in [0, 0.1) is 11.8 Å². The molecule has 198 valence electrons. The SMILES string of the molecule is CCCC(C)NC(=O)C1N(CCCCCO)C(=O)[C@@H]2[C@H](C(=O)NCc3ccccc3)[C@]3(C)CCC12O3. The van der Waals surface area contributed by atoms with E-state index < -0.39 is 29.1 Å². The number of nitrogens with zero attached hydrogens (tertiary/aromatic N) is 1. The average Bonchev–Trinajstić information content (AvgIpc) is 3.42. The molecule has 1 spiro atoms. The monoisotopic (exact) mass is 499 g/mol. The Hall–Kier alpha value is -2.45. The molecule has 3 fully saturated rings. The number of rotatable bonds is 12. The van der Waals surface area contributed by atoms with E-state index in [2.05, 4.69) is 17.6 Å². The summed E-state index contributed by atoms with van der Waals surface area (Å²) in [6.45, 7) is 6.86. The lowest BCUT2D eigenvalue weighted by atomic mass is 9.66. The van der Waals surface area contributed by atoms with Crippen molar-refractivity contribution in [1.82, 2.24) is 15.5 Å². The number of hydrogen-bond donors (Lipinski definition) is 3. The minimum absolute atomic E-state index is 0.0107. The molecule has 0 saturated carbocycles. The summed E-state index contributed by atoms with van der Waals surface area (Å²) in [4.78, 5) is 42.8. The smallest absolute Gasteiger partial charge is 0.246 e. The number of likely N-dealkylation sites (tertiary alicyclic amines) is 1. The number of ether oxygens (including phenoxy) is 1. The zero-order chi connectivity index (χ0) is 25.9. The molecule has 3 aliphatic rings. The standard InChI is InChI=1S/C28H41N3O5/c1-4-11-19(2)30-25(34)23-28-15-14-27(3,36-28)21(24(33)29-18-20-12-7-5-8-13-20)22(28)26(35)31(23)16-9-6-10-17-32/h5,7-8,12-13,19,21-23,32H,4,6,9-11,14-18H2,1-3H3,(H,29,33)(H,30,34)/t19?,21-,22+,23?,27+,28?/m1/s1. The first kappa shape index (κ1) is 26.6. The number of carbonyl (C=O) groups excluding carboxylic acids is 3. The third-order valence-electron chi connectivity index (χ3n) is 8.28. The van der Waals surface area contributed by atoms with Crippen molar-refractivity contribution < 1.29 is 24.2 Å². The predicted molar refractivity (Wildman–Crippen MR) is 136 cm³/mol. The first-order valence-electron chi connectivity index (χ1n) is 13.5. The van der Waals surface area contributed by atoms with Gasteiger partial charge in [-0.15, -0.1) is 0 Å². The summed E-state index contributed by atoms with van der Waals surface area (Å²) in [7, 11) is 0. The second-order valence-electron chi connectivity index (χ2n) is 10.9. The Labute approximate surface area is 214 Å². The molecule has 0 aliphatic carbocycles. The van der Waals surface area contributed by atoms with Crippen LogP contribution in [0.5, 0.6) is 0 Å². The van der Waals surface area contributed by atoms with E-state index in [0.29, 0.717) is 38.8 Å². The fourth-order valence-electron chi connectivity index (χ4n) is 6.66. The molecule has 0 aromatic heterocycles. The highest BCUT2D eigenvalue weighted by Gasteiger charge is 2.77. The lowest BCUT2D eigenvalue weighted by Gasteiger charge is -2.34. The van der Waals surface area contributed by atoms with Gasteiger partial charge in [-0.2, -0.15) is 0 Å². The third-order valence-corrected chi connectivity index (χ3v) is 8.28. The molecule has 3 saturated heterocycles. The topological polar surface area (TPSA) is 108 Å². The second kappa shape index (κ2) is 10.9. The number of aliphatic hydroxyl groups excluding tert-OH is 1. The van der Waals surface area contributed by atoms with E-state index in [1.807, 2.05) is 44.2 Å². The molecule has 2 bridgehead atoms. The van der Waals surface area contributed by atoms with Gasteiger partial charge in [0.25, 0.3) is 0 Å². The van der Waals surface area contributed by atoms with E-state index in [9.17, 15) is 14.4 Å². The van der Waals surface area contributed by atoms with Gasteiger partial charge in [0.1, 0.15) is 11.6 Å². The number of fused-ring (bicyclic) bond motifs is 1. The Morgan fingerprint density at radius 2 is 1.92 bits per heavy atom. The highest BCUT2D eigenvalue weighted by molar-refractivity contribution is 5.99. The van der Waals surface area contributed by atoms with E-state index in [0.717, 1.165) is 24.8 Å². The first-order valence-corrected chi connectivity index (χ1v) is 13.5. The highest BCUT2D eigenvalue weighted by atomic mass is 16.5. The lowest BCUT2D eigenvalue weighted by Crippen LogP contribution is -2.56. The Kier molecular flexibility index (Phi) is 8.05. The van der Waals surface area contributed by atoms with Gasteiger partial charge in [-0.05, 0) is 57.9 Å². The van der Waals surface area contributed by atoms with Gasteiger partial charge >= 0.3 is 0 Å². The predicted octanol–water partition coefficient (Wildman–Crippen LogP) is 2.53. The molecule has 3 aliphatic heterocycles. The summed E-state index contributed by atoms with van der Waals surface area (Å²) in [6.07, 6.45) is 5.11. The van der Waals surface area contributed by atoms with Crippen molar-refractivity contribution in [2.75, 3.05) is 13.2 Å². The van der Waals surface area contributed by atoms with Crippen LogP contribution in [0.2, 0.25) is 0 Å². The Morgan fingerprint density at radius 3 is 2.61 bits per heavy atom. The number of benzene rings is 1. The van der Waals surface area contributed by atoms with E-state index >= 15 is 0 Å². The summed E-state index contributed by atoms with van der Waals surface area (Å²) in [5.74, 6) is -1.87. The third kappa shape index (κ3) is 4.77. The largest absolute Gasteiger partial charge is 0.396 e. The van der Waals surface area contributed by atoms with E-state index in [-0.39, 0.29) is 30.4 Å². The minimum atomic E-state index is -0.992. The van der Waals surface area contributed by atoms with Crippen LogP contribution >= 0.6 is 0 Å². The first-order chi connectivity index (χ1) is 17.3. The molecule has 6 atom stereocenters. The number of aliphatic hydroxyl groups is 1. The molecule has 4 rings (SSSR count). The van der Waals surface area contributed by atoms with E-state index in [4.69, 9.17) is 9.84 Å². The molecule has 3 heterocycles. The summed E-state index contributed by atoms with van der Waals surface area (Å²) in [5, 5.41) is 15.3. The molecule has 0 radical (unpaired) electrons. The molecular formula is C28H41N3O5. The van der Waals surface area contributed by atoms with Crippen molar-refractivity contribution in [3.05, 3.63) is 35.9 Å². The summed E-state index contributed by atoms with van der Waals surface area (Å²) in [5.41, 5.74) is -0.786. The maximum atomic E-state index is 13.9. The number of hydrogen-bond acceptors (Lipinski definition) is 5. The highest BCUT2D eigenvalue weighted by Crippen LogP contribution is 2.63. The van der Waals surface area contributed by atoms with Crippen LogP contribution in [0.15, 0.2) is 30.3 Å². The molecule has 8 heteroatoms. The van der Waals surface area contributed by atoms with Crippen LogP contribution in [0.3, 0.4) is 0 Å². The van der Waals surface area contributed by atoms with Gasteiger partial charge in [0.2, 0.25) is 17.7 Å². The van der Waals surface area contributed by atoms with Crippen LogP contribution in [0.25, 0.3) is 0 Å². The van der Waals surface area contributed by atoms with Gasteiger partial charge in [0, 0.05) is 25.7 Å². The van der Waals surface area contributed by atoms with Gasteiger partial charge in [-0.1, -0.05) is 43.7 Å². The zero-order valence-corrected chi connectivity index (χ0v) is 21.8. The Balaban J connectivity index is 1.60. The van der Waals surface area contributed by atoms with Gasteiger partial charge < -0.3 is 25.4 Å². The molecule has 36 heavy (non-hydrogen) atoms. The van der Waals surface area contributed by atoms with Crippen LogP contribution in [-0.4, -0.2) is 64.2 Å². The molecule has 1 aromatic rings. The van der Waals surface area contributed by atoms with E-state index in [1.54, 1.807) is 4.90 Å². The number of unbranched alkanes of at least 4 members (excludes halogenated alkanes) is 2. The molecule has 8 nitrogen and oxygen atoms in total. The Bertz CT molecular complexity index is 956. The van der Waals surface area contributed by atoms with Crippen molar-refractivity contribution in [3.63, 3.8) is 0 Å². The molecular weight excluding hydrogens is 458 g/mol. The van der Waals surface area contributed by atoms with Crippen LogP contribution in [0.4, 0.5) is 0 Å². The maximum Gasteiger partial charge on any atom is 0.246 e. The number of carbonyl (C=O) groups is 3. The fourth-order valence-corrected chi connectivity index (χ4v) is 6.66. The lowest BCUT2D eigenvalue weighted by molar-refractivity contribution is -0.146. The minimum Gasteiger partial charge on any atom is -0.396 e. The summed E-state index contributed by atoms with van der Waals surface area (Å²) in [6, 6.07) is 8.92. The van der Waals surface area contributed by atoms with Crippen LogP contribution < -0.4 is 10.6 Å². The average molecular weight is 500 g/mol. The van der Waals surface area contributed by atoms with Crippen molar-refractivity contribution in [2.45, 2.75) is 95.5 Å². The van der Waals surface area contributed by atoms with Gasteiger partial charge in [-0.25, -0.2) is 0 Å². The maximum absolute atomic E-state index is 13.9. The van der Waals surface area contributed by atoms with Gasteiger partial charge in [0.05, 0.1) is 17.4 Å². The summed E-state index contributed by atoms with van der Waals surface area (Å²) >= 11 is 0. The van der Waals surface area contributed by atoms with E-state index in [1.165, 1.54) is 0 Å². The zero-order valence-electron chi connectivity index (χ0n) is 21.8. The second-order valence-corrected chi connectivity index (χ2v) is 10.9. The van der Waals surface area contributed by atoms with Crippen molar-refractivity contribution in [3.8, 4) is 0 Å². The number of nitrogens with one attached hydrogen (secondary N) is 2. The summed E-state index contributed by atoms with van der Waals surface area (Å²) < 4.78 is 6.64. The molecule has 3 N–H and O–H groups in total. The van der Waals surface area contributed by atoms with Gasteiger partial charge in [-0.3, -0.25) is 14.4 Å². The van der Waals surface area contributed by atoms with Crippen molar-refractivity contribution in [2.24, 2.45) is 11.8 Å².